The molecule has 1 unspecified atom stereocenters. The number of rotatable bonds is 3. The minimum Gasteiger partial charge on any atom is -0.428 e. The Bertz CT molecular complexity index is 639. The van der Waals surface area contributed by atoms with Crippen molar-refractivity contribution in [2.75, 3.05) is 18.8 Å². The molecule has 1 atom stereocenters. The molecule has 0 saturated carbocycles. The number of nitrogens with one attached hydrogen (secondary N) is 1. The second-order valence-electron chi connectivity index (χ2n) is 4.94. The Morgan fingerprint density at radius 1 is 1.37 bits per heavy atom. The number of fused-ring (bicyclic) bond motifs is 1. The summed E-state index contributed by atoms with van der Waals surface area (Å²) in [5.74, 6) is 0.251. The molecule has 0 radical (unpaired) electrons. The number of hydrogen-bond acceptors (Lipinski definition) is 5. The second-order valence-corrected chi connectivity index (χ2v) is 6.85. The molecule has 0 spiro atoms. The molecule has 6 heteroatoms. The summed E-state index contributed by atoms with van der Waals surface area (Å²) in [6.07, 6.45) is 1.96. The van der Waals surface area contributed by atoms with Gasteiger partial charge in [-0.05, 0) is 44.0 Å². The third-order valence-electron chi connectivity index (χ3n) is 3.39. The average Bonchev–Trinajstić information content (AvgIpc) is 2.84. The number of sulfone groups is 1. The molecule has 1 saturated heterocycles. The first-order valence-electron chi connectivity index (χ1n) is 6.44. The van der Waals surface area contributed by atoms with E-state index in [2.05, 4.69) is 10.3 Å². The number of aromatic nitrogens is 1. The summed E-state index contributed by atoms with van der Waals surface area (Å²) in [5.41, 5.74) is 1.10. The highest BCUT2D eigenvalue weighted by molar-refractivity contribution is 7.91. The molecule has 0 amide bonds. The SMILES string of the molecule is O=S(=O)(CC1CCCNC1)c1nc2ccccc2o1. The molecule has 0 bridgehead atoms. The van der Waals surface area contributed by atoms with E-state index in [1.807, 2.05) is 6.07 Å². The summed E-state index contributed by atoms with van der Waals surface area (Å²) in [5, 5.41) is 3.07. The van der Waals surface area contributed by atoms with E-state index in [1.165, 1.54) is 0 Å². The zero-order valence-electron chi connectivity index (χ0n) is 10.5. The van der Waals surface area contributed by atoms with Gasteiger partial charge in [0.15, 0.2) is 5.58 Å². The standard InChI is InChI=1S/C13H16N2O3S/c16-19(17,9-10-4-3-7-14-8-10)13-15-11-5-1-2-6-12(11)18-13/h1-2,5-6,10,14H,3-4,7-9H2. The Balaban J connectivity index is 1.86. The summed E-state index contributed by atoms with van der Waals surface area (Å²) in [7, 11) is -3.44. The van der Waals surface area contributed by atoms with Crippen molar-refractivity contribution < 1.29 is 12.8 Å². The van der Waals surface area contributed by atoms with Crippen LogP contribution in [0.5, 0.6) is 0 Å². The van der Waals surface area contributed by atoms with Crippen LogP contribution in [0.2, 0.25) is 0 Å². The Morgan fingerprint density at radius 2 is 2.21 bits per heavy atom. The number of hydrogen-bond donors (Lipinski definition) is 1. The molecular weight excluding hydrogens is 264 g/mol. The number of nitrogens with zero attached hydrogens (tertiary/aromatic N) is 1. The number of benzene rings is 1. The van der Waals surface area contributed by atoms with Gasteiger partial charge in [-0.15, -0.1) is 0 Å². The van der Waals surface area contributed by atoms with Gasteiger partial charge in [0.1, 0.15) is 5.52 Å². The van der Waals surface area contributed by atoms with E-state index >= 15 is 0 Å². The molecule has 3 rings (SSSR count). The van der Waals surface area contributed by atoms with E-state index in [0.717, 1.165) is 25.9 Å². The maximum absolute atomic E-state index is 12.3. The molecule has 2 heterocycles. The van der Waals surface area contributed by atoms with Crippen molar-refractivity contribution >= 4 is 20.9 Å². The van der Waals surface area contributed by atoms with Crippen LogP contribution in [0.4, 0.5) is 0 Å². The monoisotopic (exact) mass is 280 g/mol. The predicted octanol–water partition coefficient (Wildman–Crippen LogP) is 1.60. The van der Waals surface area contributed by atoms with Crippen LogP contribution >= 0.6 is 0 Å². The van der Waals surface area contributed by atoms with E-state index in [1.54, 1.807) is 18.2 Å². The topological polar surface area (TPSA) is 72.2 Å². The minimum absolute atomic E-state index is 0.104. The second kappa shape index (κ2) is 4.94. The maximum Gasteiger partial charge on any atom is 0.316 e. The van der Waals surface area contributed by atoms with Gasteiger partial charge >= 0.3 is 5.22 Å². The molecule has 1 aliphatic heterocycles. The molecule has 1 aliphatic rings. The fourth-order valence-electron chi connectivity index (χ4n) is 2.43. The highest BCUT2D eigenvalue weighted by Gasteiger charge is 2.27. The molecule has 19 heavy (non-hydrogen) atoms. The van der Waals surface area contributed by atoms with Crippen LogP contribution in [0.3, 0.4) is 0 Å². The molecule has 1 aromatic heterocycles. The average molecular weight is 280 g/mol. The zero-order chi connectivity index (χ0) is 13.3. The van der Waals surface area contributed by atoms with Crippen LogP contribution in [-0.4, -0.2) is 32.2 Å². The van der Waals surface area contributed by atoms with Crippen molar-refractivity contribution in [3.63, 3.8) is 0 Å². The lowest BCUT2D eigenvalue weighted by Crippen LogP contribution is -2.33. The summed E-state index contributed by atoms with van der Waals surface area (Å²) in [4.78, 5) is 4.07. The third kappa shape index (κ3) is 2.64. The number of oxazole rings is 1. The summed E-state index contributed by atoms with van der Waals surface area (Å²) in [6.45, 7) is 1.72. The first-order valence-corrected chi connectivity index (χ1v) is 8.09. The van der Waals surface area contributed by atoms with E-state index in [9.17, 15) is 8.42 Å². The summed E-state index contributed by atoms with van der Waals surface area (Å²) < 4.78 is 29.9. The smallest absolute Gasteiger partial charge is 0.316 e. The van der Waals surface area contributed by atoms with Crippen molar-refractivity contribution in [1.82, 2.24) is 10.3 Å². The maximum atomic E-state index is 12.3. The minimum atomic E-state index is -3.44. The quantitative estimate of drug-likeness (QED) is 0.924. The fourth-order valence-corrected chi connectivity index (χ4v) is 3.93. The third-order valence-corrected chi connectivity index (χ3v) is 5.01. The number of para-hydroxylation sites is 2. The van der Waals surface area contributed by atoms with Gasteiger partial charge in [-0.1, -0.05) is 12.1 Å². The van der Waals surface area contributed by atoms with E-state index in [0.29, 0.717) is 11.1 Å². The van der Waals surface area contributed by atoms with Gasteiger partial charge < -0.3 is 9.73 Å². The van der Waals surface area contributed by atoms with Crippen LogP contribution in [0, 0.1) is 5.92 Å². The van der Waals surface area contributed by atoms with Crippen LogP contribution in [0.1, 0.15) is 12.8 Å². The van der Waals surface area contributed by atoms with E-state index in [4.69, 9.17) is 4.42 Å². The van der Waals surface area contributed by atoms with E-state index in [-0.39, 0.29) is 16.9 Å². The van der Waals surface area contributed by atoms with Crippen molar-refractivity contribution in [1.29, 1.82) is 0 Å². The highest BCUT2D eigenvalue weighted by Crippen LogP contribution is 2.22. The Morgan fingerprint density at radius 3 is 2.95 bits per heavy atom. The summed E-state index contributed by atoms with van der Waals surface area (Å²) >= 11 is 0. The largest absolute Gasteiger partial charge is 0.428 e. The van der Waals surface area contributed by atoms with Crippen molar-refractivity contribution in [3.05, 3.63) is 24.3 Å². The van der Waals surface area contributed by atoms with Crippen molar-refractivity contribution in [3.8, 4) is 0 Å². The highest BCUT2D eigenvalue weighted by atomic mass is 32.2. The molecule has 102 valence electrons. The molecule has 1 N–H and O–H groups in total. The first kappa shape index (κ1) is 12.6. The van der Waals surface area contributed by atoms with Crippen molar-refractivity contribution in [2.24, 2.45) is 5.92 Å². The lowest BCUT2D eigenvalue weighted by atomic mass is 10.0. The Labute approximate surface area is 111 Å². The van der Waals surface area contributed by atoms with Crippen molar-refractivity contribution in [2.45, 2.75) is 18.1 Å². The fraction of sp³-hybridized carbons (Fsp3) is 0.462. The molecule has 0 aliphatic carbocycles. The van der Waals surface area contributed by atoms with Crippen LogP contribution < -0.4 is 5.32 Å². The Kier molecular flexibility index (Phi) is 3.28. The van der Waals surface area contributed by atoms with Crippen LogP contribution in [0.25, 0.3) is 11.1 Å². The van der Waals surface area contributed by atoms with E-state index < -0.39 is 9.84 Å². The van der Waals surface area contributed by atoms with Gasteiger partial charge in [0.05, 0.1) is 5.75 Å². The van der Waals surface area contributed by atoms with Crippen LogP contribution in [0.15, 0.2) is 33.9 Å². The predicted molar refractivity (Wildman–Crippen MR) is 71.7 cm³/mol. The van der Waals surface area contributed by atoms with Gasteiger partial charge in [-0.3, -0.25) is 0 Å². The first-order chi connectivity index (χ1) is 9.15. The Hall–Kier alpha value is -1.40. The van der Waals surface area contributed by atoms with Gasteiger partial charge in [-0.2, -0.15) is 4.98 Å². The summed E-state index contributed by atoms with van der Waals surface area (Å²) in [6, 6.07) is 7.09. The molecule has 5 nitrogen and oxygen atoms in total. The molecular formula is C13H16N2O3S. The normalized spacial score (nSPS) is 20.7. The number of piperidine rings is 1. The van der Waals surface area contributed by atoms with Gasteiger partial charge in [0.2, 0.25) is 9.84 Å². The van der Waals surface area contributed by atoms with Gasteiger partial charge in [0.25, 0.3) is 0 Å². The molecule has 1 aromatic carbocycles. The molecule has 1 fully saturated rings. The molecule has 2 aromatic rings. The lowest BCUT2D eigenvalue weighted by molar-refractivity contribution is 0.397. The van der Waals surface area contributed by atoms with Crippen LogP contribution in [-0.2, 0) is 9.84 Å². The zero-order valence-corrected chi connectivity index (χ0v) is 11.3. The van der Waals surface area contributed by atoms with Gasteiger partial charge in [0, 0.05) is 0 Å². The lowest BCUT2D eigenvalue weighted by Gasteiger charge is -2.21. The van der Waals surface area contributed by atoms with Gasteiger partial charge in [-0.25, -0.2) is 8.42 Å².